The molecule has 1 saturated carbocycles. The second-order valence-electron chi connectivity index (χ2n) is 4.76. The Hall–Kier alpha value is -1.35. The van der Waals surface area contributed by atoms with Crippen molar-refractivity contribution in [2.24, 2.45) is 0 Å². The minimum absolute atomic E-state index is 0.0557. The van der Waals surface area contributed by atoms with Crippen LogP contribution in [0.3, 0.4) is 0 Å². The summed E-state index contributed by atoms with van der Waals surface area (Å²) in [5.74, 6) is 0.761. The van der Waals surface area contributed by atoms with Crippen LogP contribution in [0.25, 0.3) is 0 Å². The molecule has 0 heterocycles. The lowest BCUT2D eigenvalue weighted by molar-refractivity contribution is 0.101. The average Bonchev–Trinajstić information content (AvgIpc) is 3.19. The van der Waals surface area contributed by atoms with E-state index in [1.54, 1.807) is 6.92 Å². The first-order valence-electron chi connectivity index (χ1n) is 6.69. The summed E-state index contributed by atoms with van der Waals surface area (Å²) in [7, 11) is 0. The molecular formula is C15H21NO2. The molecule has 1 aromatic rings. The molecule has 0 amide bonds. The number of carbonyl (C=O) groups excluding carboxylic acids is 1. The van der Waals surface area contributed by atoms with E-state index >= 15 is 0 Å². The van der Waals surface area contributed by atoms with E-state index in [0.717, 1.165) is 19.1 Å². The largest absolute Gasteiger partial charge is 0.491 e. The maximum Gasteiger partial charge on any atom is 0.163 e. The Balaban J connectivity index is 1.87. The molecule has 0 spiro atoms. The van der Waals surface area contributed by atoms with Crippen molar-refractivity contribution in [1.82, 2.24) is 4.90 Å². The second kappa shape index (κ2) is 6.01. The minimum Gasteiger partial charge on any atom is -0.491 e. The third-order valence-electron chi connectivity index (χ3n) is 3.37. The first-order chi connectivity index (χ1) is 8.72. The summed E-state index contributed by atoms with van der Waals surface area (Å²) >= 11 is 0. The van der Waals surface area contributed by atoms with Crippen LogP contribution in [0.15, 0.2) is 24.3 Å². The van der Waals surface area contributed by atoms with Crippen molar-refractivity contribution in [3.63, 3.8) is 0 Å². The highest BCUT2D eigenvalue weighted by molar-refractivity contribution is 5.96. The number of Topliss-reactive ketones (excluding diaryl/α,β-unsaturated/α-hetero) is 1. The maximum atomic E-state index is 11.4. The van der Waals surface area contributed by atoms with Crippen LogP contribution in [0.5, 0.6) is 5.75 Å². The van der Waals surface area contributed by atoms with E-state index < -0.39 is 0 Å². The number of benzene rings is 1. The van der Waals surface area contributed by atoms with Gasteiger partial charge in [-0.25, -0.2) is 0 Å². The van der Waals surface area contributed by atoms with Crippen molar-refractivity contribution in [3.8, 4) is 5.75 Å². The number of ether oxygens (including phenoxy) is 1. The second-order valence-corrected chi connectivity index (χ2v) is 4.76. The van der Waals surface area contributed by atoms with Crippen LogP contribution in [-0.4, -0.2) is 36.4 Å². The predicted molar refractivity (Wildman–Crippen MR) is 72.2 cm³/mol. The van der Waals surface area contributed by atoms with Crippen LogP contribution in [0.2, 0.25) is 0 Å². The fraction of sp³-hybridized carbons (Fsp3) is 0.533. The first kappa shape index (κ1) is 13.1. The molecule has 18 heavy (non-hydrogen) atoms. The van der Waals surface area contributed by atoms with Crippen LogP contribution < -0.4 is 4.74 Å². The van der Waals surface area contributed by atoms with Crippen LogP contribution in [0, 0.1) is 0 Å². The molecule has 1 aliphatic rings. The van der Waals surface area contributed by atoms with Crippen LogP contribution in [0.4, 0.5) is 0 Å². The van der Waals surface area contributed by atoms with Gasteiger partial charge in [0.05, 0.1) is 5.56 Å². The van der Waals surface area contributed by atoms with Crippen molar-refractivity contribution in [2.75, 3.05) is 19.7 Å². The van der Waals surface area contributed by atoms with E-state index in [9.17, 15) is 4.79 Å². The number of nitrogens with zero attached hydrogens (tertiary/aromatic N) is 1. The number of rotatable bonds is 7. The zero-order chi connectivity index (χ0) is 13.0. The molecule has 0 aromatic heterocycles. The van der Waals surface area contributed by atoms with Crippen LogP contribution in [0.1, 0.15) is 37.0 Å². The van der Waals surface area contributed by atoms with Gasteiger partial charge in [0.1, 0.15) is 12.4 Å². The van der Waals surface area contributed by atoms with Crippen LogP contribution >= 0.6 is 0 Å². The highest BCUT2D eigenvalue weighted by Gasteiger charge is 2.27. The molecule has 0 radical (unpaired) electrons. The summed E-state index contributed by atoms with van der Waals surface area (Å²) < 4.78 is 5.75. The predicted octanol–water partition coefficient (Wildman–Crippen LogP) is 2.75. The number of likely N-dealkylation sites (N-methyl/N-ethyl adjacent to an activating group) is 1. The molecule has 1 aliphatic carbocycles. The smallest absolute Gasteiger partial charge is 0.163 e. The lowest BCUT2D eigenvalue weighted by Gasteiger charge is -2.20. The molecule has 0 atom stereocenters. The van der Waals surface area contributed by atoms with E-state index in [1.807, 2.05) is 24.3 Å². The van der Waals surface area contributed by atoms with Gasteiger partial charge in [-0.3, -0.25) is 9.69 Å². The Bertz CT molecular complexity index is 413. The molecule has 3 nitrogen and oxygen atoms in total. The summed E-state index contributed by atoms with van der Waals surface area (Å²) in [6, 6.07) is 8.22. The summed E-state index contributed by atoms with van der Waals surface area (Å²) in [6.07, 6.45) is 2.63. The Morgan fingerprint density at radius 2 is 2.11 bits per heavy atom. The van der Waals surface area contributed by atoms with Gasteiger partial charge in [0.2, 0.25) is 0 Å². The molecule has 0 unspecified atom stereocenters. The van der Waals surface area contributed by atoms with Gasteiger partial charge in [-0.1, -0.05) is 19.1 Å². The SMILES string of the molecule is CCN(CCOc1ccccc1C(C)=O)C1CC1. The third-order valence-corrected chi connectivity index (χ3v) is 3.37. The van der Waals surface area contributed by atoms with Crippen molar-refractivity contribution >= 4 is 5.78 Å². The summed E-state index contributed by atoms with van der Waals surface area (Å²) in [6.45, 7) is 6.41. The Labute approximate surface area is 109 Å². The van der Waals surface area contributed by atoms with Gasteiger partial charge in [0.25, 0.3) is 0 Å². The van der Waals surface area contributed by atoms with Gasteiger partial charge in [0.15, 0.2) is 5.78 Å². The Morgan fingerprint density at radius 3 is 2.72 bits per heavy atom. The highest BCUT2D eigenvalue weighted by atomic mass is 16.5. The molecule has 0 saturated heterocycles. The number of hydrogen-bond donors (Lipinski definition) is 0. The molecule has 98 valence electrons. The fourth-order valence-corrected chi connectivity index (χ4v) is 2.19. The number of hydrogen-bond acceptors (Lipinski definition) is 3. The lowest BCUT2D eigenvalue weighted by Crippen LogP contribution is -2.30. The molecular weight excluding hydrogens is 226 g/mol. The molecule has 1 aromatic carbocycles. The van der Waals surface area contributed by atoms with Crippen LogP contribution in [-0.2, 0) is 0 Å². The topological polar surface area (TPSA) is 29.5 Å². The summed E-state index contributed by atoms with van der Waals surface area (Å²) in [4.78, 5) is 13.9. The van der Waals surface area contributed by atoms with Gasteiger partial charge < -0.3 is 4.74 Å². The summed E-state index contributed by atoms with van der Waals surface area (Å²) in [5, 5.41) is 0. The van der Waals surface area contributed by atoms with Crippen molar-refractivity contribution < 1.29 is 9.53 Å². The minimum atomic E-state index is 0.0557. The van der Waals surface area contributed by atoms with Crippen molar-refractivity contribution in [1.29, 1.82) is 0 Å². The number of ketones is 1. The van der Waals surface area contributed by atoms with E-state index in [-0.39, 0.29) is 5.78 Å². The highest BCUT2D eigenvalue weighted by Crippen LogP contribution is 2.26. The molecule has 2 rings (SSSR count). The Morgan fingerprint density at radius 1 is 1.39 bits per heavy atom. The van der Waals surface area contributed by atoms with E-state index in [1.165, 1.54) is 12.8 Å². The third kappa shape index (κ3) is 3.33. The van der Waals surface area contributed by atoms with Gasteiger partial charge in [-0.05, 0) is 38.4 Å². The first-order valence-corrected chi connectivity index (χ1v) is 6.69. The number of carbonyl (C=O) groups is 1. The fourth-order valence-electron chi connectivity index (χ4n) is 2.19. The maximum absolute atomic E-state index is 11.4. The van der Waals surface area contributed by atoms with Gasteiger partial charge >= 0.3 is 0 Å². The zero-order valence-corrected chi connectivity index (χ0v) is 11.2. The molecule has 0 aliphatic heterocycles. The zero-order valence-electron chi connectivity index (χ0n) is 11.2. The average molecular weight is 247 g/mol. The van der Waals surface area contributed by atoms with Gasteiger partial charge in [-0.2, -0.15) is 0 Å². The van der Waals surface area contributed by atoms with E-state index in [4.69, 9.17) is 4.74 Å². The summed E-state index contributed by atoms with van der Waals surface area (Å²) in [5.41, 5.74) is 0.673. The molecule has 0 bridgehead atoms. The van der Waals surface area contributed by atoms with Crippen molar-refractivity contribution in [2.45, 2.75) is 32.7 Å². The normalized spacial score (nSPS) is 14.8. The van der Waals surface area contributed by atoms with E-state index in [2.05, 4.69) is 11.8 Å². The Kier molecular flexibility index (Phi) is 4.37. The number of para-hydroxylation sites is 1. The molecule has 0 N–H and O–H groups in total. The van der Waals surface area contributed by atoms with Gasteiger partial charge in [-0.15, -0.1) is 0 Å². The van der Waals surface area contributed by atoms with Gasteiger partial charge in [0, 0.05) is 12.6 Å². The molecule has 1 fully saturated rings. The van der Waals surface area contributed by atoms with Crippen molar-refractivity contribution in [3.05, 3.63) is 29.8 Å². The quantitative estimate of drug-likeness (QED) is 0.694. The monoisotopic (exact) mass is 247 g/mol. The standard InChI is InChI=1S/C15H21NO2/c1-3-16(13-8-9-13)10-11-18-15-7-5-4-6-14(15)12(2)17/h4-7,13H,3,8-11H2,1-2H3. The van der Waals surface area contributed by atoms with E-state index in [0.29, 0.717) is 17.9 Å². The molecule has 3 heteroatoms. The lowest BCUT2D eigenvalue weighted by atomic mass is 10.1.